The average molecular weight is 394 g/mol. The predicted octanol–water partition coefficient (Wildman–Crippen LogP) is 4.39. The molecular formula is C22H22N2O3S. The number of benzene rings is 2. The number of nitrogens with one attached hydrogen (secondary N) is 1. The fourth-order valence-electron chi connectivity index (χ4n) is 3.52. The zero-order chi connectivity index (χ0) is 19.5. The molecule has 2 heterocycles. The van der Waals surface area contributed by atoms with Crippen LogP contribution < -0.4 is 19.7 Å². The van der Waals surface area contributed by atoms with Gasteiger partial charge in [0.1, 0.15) is 0 Å². The minimum atomic E-state index is -0.0893. The van der Waals surface area contributed by atoms with Crippen LogP contribution in [-0.2, 0) is 13.0 Å². The Bertz CT molecular complexity index is 999. The van der Waals surface area contributed by atoms with E-state index in [4.69, 9.17) is 9.47 Å². The zero-order valence-corrected chi connectivity index (χ0v) is 16.7. The number of hydrogen-bond acceptors (Lipinski definition) is 5. The molecule has 4 rings (SSSR count). The first-order valence-corrected chi connectivity index (χ1v) is 9.96. The summed E-state index contributed by atoms with van der Waals surface area (Å²) in [6, 6.07) is 18.0. The van der Waals surface area contributed by atoms with E-state index >= 15 is 0 Å². The van der Waals surface area contributed by atoms with Gasteiger partial charge < -0.3 is 19.7 Å². The van der Waals surface area contributed by atoms with E-state index in [1.165, 1.54) is 22.6 Å². The predicted molar refractivity (Wildman–Crippen MR) is 112 cm³/mol. The Labute approximate surface area is 168 Å². The van der Waals surface area contributed by atoms with Gasteiger partial charge in [0.2, 0.25) is 0 Å². The number of nitrogens with zero attached hydrogens (tertiary/aromatic N) is 1. The third kappa shape index (κ3) is 3.43. The molecule has 1 amide bonds. The van der Waals surface area contributed by atoms with Crippen molar-refractivity contribution in [2.24, 2.45) is 0 Å². The van der Waals surface area contributed by atoms with E-state index in [9.17, 15) is 4.79 Å². The Hall–Kier alpha value is -2.99. The van der Waals surface area contributed by atoms with Gasteiger partial charge in [-0.15, -0.1) is 11.3 Å². The molecule has 3 aromatic rings. The first kappa shape index (κ1) is 18.4. The summed E-state index contributed by atoms with van der Waals surface area (Å²) in [6.45, 7) is 1.32. The molecule has 28 heavy (non-hydrogen) atoms. The molecule has 1 N–H and O–H groups in total. The number of para-hydroxylation sites is 2. The van der Waals surface area contributed by atoms with E-state index in [1.54, 1.807) is 14.2 Å². The molecule has 0 saturated heterocycles. The van der Waals surface area contributed by atoms with Crippen molar-refractivity contribution in [3.63, 3.8) is 0 Å². The van der Waals surface area contributed by atoms with Crippen LogP contribution in [0.15, 0.2) is 54.6 Å². The molecule has 5 nitrogen and oxygen atoms in total. The van der Waals surface area contributed by atoms with Crippen molar-refractivity contribution in [1.82, 2.24) is 5.32 Å². The summed E-state index contributed by atoms with van der Waals surface area (Å²) in [4.78, 5) is 15.6. The van der Waals surface area contributed by atoms with Gasteiger partial charge in [-0.05, 0) is 36.2 Å². The lowest BCUT2D eigenvalue weighted by atomic mass is 10.2. The number of methoxy groups -OCH3 is 2. The van der Waals surface area contributed by atoms with E-state index in [1.807, 2.05) is 30.3 Å². The molecule has 0 atom stereocenters. The summed E-state index contributed by atoms with van der Waals surface area (Å²) in [5.74, 6) is 1.21. The average Bonchev–Trinajstić information content (AvgIpc) is 3.38. The first-order valence-electron chi connectivity index (χ1n) is 9.14. The van der Waals surface area contributed by atoms with Crippen LogP contribution in [-0.4, -0.2) is 26.7 Å². The largest absolute Gasteiger partial charge is 0.493 e. The summed E-state index contributed by atoms with van der Waals surface area (Å²) in [5.41, 5.74) is 3.46. The number of carbonyl (C=O) groups is 1. The van der Waals surface area contributed by atoms with Crippen LogP contribution in [0.4, 0.5) is 10.7 Å². The summed E-state index contributed by atoms with van der Waals surface area (Å²) >= 11 is 1.51. The maximum absolute atomic E-state index is 12.7. The van der Waals surface area contributed by atoms with Gasteiger partial charge in [0, 0.05) is 24.3 Å². The van der Waals surface area contributed by atoms with Crippen LogP contribution in [0.25, 0.3) is 0 Å². The maximum Gasteiger partial charge on any atom is 0.261 e. The Morgan fingerprint density at radius 2 is 1.93 bits per heavy atom. The van der Waals surface area contributed by atoms with Crippen LogP contribution >= 0.6 is 11.3 Å². The molecule has 0 spiro atoms. The van der Waals surface area contributed by atoms with E-state index < -0.39 is 0 Å². The second-order valence-electron chi connectivity index (χ2n) is 6.50. The van der Waals surface area contributed by atoms with Gasteiger partial charge in [-0.25, -0.2) is 0 Å². The van der Waals surface area contributed by atoms with Crippen molar-refractivity contribution < 1.29 is 14.3 Å². The molecule has 1 aliphatic rings. The first-order chi connectivity index (χ1) is 13.7. The Kier molecular flexibility index (Phi) is 5.21. The molecule has 1 aliphatic heterocycles. The summed E-state index contributed by atoms with van der Waals surface area (Å²) < 4.78 is 10.7. The van der Waals surface area contributed by atoms with Gasteiger partial charge in [-0.2, -0.15) is 0 Å². The van der Waals surface area contributed by atoms with Gasteiger partial charge in [0.15, 0.2) is 11.5 Å². The fourth-order valence-corrected chi connectivity index (χ4v) is 4.48. The van der Waals surface area contributed by atoms with Crippen LogP contribution in [0.3, 0.4) is 0 Å². The SMILES string of the molecule is COc1cccc(CNC(=O)c2ccc(N3CCc4ccccc43)s2)c1OC. The third-order valence-electron chi connectivity index (χ3n) is 4.89. The molecule has 0 radical (unpaired) electrons. The number of fused-ring (bicyclic) bond motifs is 1. The van der Waals surface area contributed by atoms with Crippen molar-refractivity contribution in [1.29, 1.82) is 0 Å². The van der Waals surface area contributed by atoms with Gasteiger partial charge in [0.05, 0.1) is 24.1 Å². The molecule has 144 valence electrons. The minimum absolute atomic E-state index is 0.0893. The van der Waals surface area contributed by atoms with Crippen molar-refractivity contribution >= 4 is 27.9 Å². The maximum atomic E-state index is 12.7. The van der Waals surface area contributed by atoms with Crippen LogP contribution in [0.5, 0.6) is 11.5 Å². The van der Waals surface area contributed by atoms with Crippen molar-refractivity contribution in [2.75, 3.05) is 25.7 Å². The van der Waals surface area contributed by atoms with E-state index in [0.29, 0.717) is 22.9 Å². The second kappa shape index (κ2) is 7.94. The number of thiophene rings is 1. The van der Waals surface area contributed by atoms with Gasteiger partial charge in [-0.3, -0.25) is 4.79 Å². The summed E-state index contributed by atoms with van der Waals surface area (Å²) in [7, 11) is 3.20. The van der Waals surface area contributed by atoms with Crippen molar-refractivity contribution in [2.45, 2.75) is 13.0 Å². The summed E-state index contributed by atoms with van der Waals surface area (Å²) in [5, 5.41) is 4.07. The lowest BCUT2D eigenvalue weighted by molar-refractivity contribution is 0.0954. The van der Waals surface area contributed by atoms with Crippen LogP contribution in [0.2, 0.25) is 0 Å². The monoisotopic (exact) mass is 394 g/mol. The normalized spacial score (nSPS) is 12.6. The number of anilines is 2. The molecule has 1 aromatic heterocycles. The molecular weight excluding hydrogens is 372 g/mol. The highest BCUT2D eigenvalue weighted by Gasteiger charge is 2.22. The number of rotatable bonds is 6. The Morgan fingerprint density at radius 3 is 2.75 bits per heavy atom. The lowest BCUT2D eigenvalue weighted by Crippen LogP contribution is -2.22. The van der Waals surface area contributed by atoms with E-state index in [2.05, 4.69) is 34.5 Å². The topological polar surface area (TPSA) is 50.8 Å². The highest BCUT2D eigenvalue weighted by Crippen LogP contribution is 2.38. The Morgan fingerprint density at radius 1 is 1.07 bits per heavy atom. The number of carbonyl (C=O) groups excluding carboxylic acids is 1. The number of amides is 1. The molecule has 0 saturated carbocycles. The number of ether oxygens (including phenoxy) is 2. The quantitative estimate of drug-likeness (QED) is 0.674. The second-order valence-corrected chi connectivity index (χ2v) is 7.57. The van der Waals surface area contributed by atoms with Crippen LogP contribution in [0, 0.1) is 0 Å². The molecule has 0 bridgehead atoms. The van der Waals surface area contributed by atoms with Crippen molar-refractivity contribution in [3.05, 3.63) is 70.6 Å². The van der Waals surface area contributed by atoms with Gasteiger partial charge in [0.25, 0.3) is 5.91 Å². The lowest BCUT2D eigenvalue weighted by Gasteiger charge is -2.16. The summed E-state index contributed by atoms with van der Waals surface area (Å²) in [6.07, 6.45) is 1.03. The smallest absolute Gasteiger partial charge is 0.261 e. The molecule has 0 aliphatic carbocycles. The van der Waals surface area contributed by atoms with E-state index in [-0.39, 0.29) is 5.91 Å². The fraction of sp³-hybridized carbons (Fsp3) is 0.227. The zero-order valence-electron chi connectivity index (χ0n) is 15.9. The number of hydrogen-bond donors (Lipinski definition) is 1. The Balaban J connectivity index is 1.46. The van der Waals surface area contributed by atoms with Gasteiger partial charge in [-0.1, -0.05) is 30.3 Å². The molecule has 6 heteroatoms. The van der Waals surface area contributed by atoms with Gasteiger partial charge >= 0.3 is 0 Å². The van der Waals surface area contributed by atoms with Crippen molar-refractivity contribution in [3.8, 4) is 11.5 Å². The molecule has 0 unspecified atom stereocenters. The van der Waals surface area contributed by atoms with E-state index in [0.717, 1.165) is 23.5 Å². The molecule has 0 fully saturated rings. The molecule has 2 aromatic carbocycles. The minimum Gasteiger partial charge on any atom is -0.493 e. The standard InChI is InChI=1S/C22H22N2O3S/c1-26-18-9-5-7-16(21(18)27-2)14-23-22(25)19-10-11-20(28-19)24-13-12-15-6-3-4-8-17(15)24/h3-11H,12-14H2,1-2H3,(H,23,25). The third-order valence-corrected chi connectivity index (χ3v) is 6.00. The van der Waals surface area contributed by atoms with Crippen LogP contribution in [0.1, 0.15) is 20.8 Å². The highest BCUT2D eigenvalue weighted by atomic mass is 32.1. The highest BCUT2D eigenvalue weighted by molar-refractivity contribution is 7.18.